The van der Waals surface area contributed by atoms with Crippen LogP contribution in [-0.4, -0.2) is 18.1 Å². The maximum Gasteiger partial charge on any atom is 0.338 e. The summed E-state index contributed by atoms with van der Waals surface area (Å²) in [5, 5.41) is 0. The smallest absolute Gasteiger partial charge is 0.338 e. The topological polar surface area (TPSA) is 74.4 Å². The summed E-state index contributed by atoms with van der Waals surface area (Å²) >= 11 is 0. The zero-order valence-corrected chi connectivity index (χ0v) is 11.4. The predicted octanol–water partition coefficient (Wildman–Crippen LogP) is 2.34. The lowest BCUT2D eigenvalue weighted by Crippen LogP contribution is -2.06. The molecule has 0 bridgehead atoms. The lowest BCUT2D eigenvalue weighted by atomic mass is 10.2. The average Bonchev–Trinajstić information content (AvgIpc) is 2.44. The Balaban J connectivity index is 2.07. The van der Waals surface area contributed by atoms with Gasteiger partial charge in [0.25, 0.3) is 0 Å². The number of aryl methyl sites for hydroxylation is 1. The van der Waals surface area contributed by atoms with Crippen LogP contribution in [0.1, 0.15) is 21.5 Å². The fourth-order valence-corrected chi connectivity index (χ4v) is 1.79. The molecular formula is C15H16N2O3. The van der Waals surface area contributed by atoms with Crippen molar-refractivity contribution in [2.24, 2.45) is 0 Å². The Morgan fingerprint density at radius 1 is 1.25 bits per heavy atom. The normalized spacial score (nSPS) is 10.1. The van der Waals surface area contributed by atoms with Crippen molar-refractivity contribution in [2.75, 3.05) is 12.8 Å². The highest BCUT2D eigenvalue weighted by Gasteiger charge is 2.10. The second-order valence-electron chi connectivity index (χ2n) is 4.44. The van der Waals surface area contributed by atoms with E-state index in [-0.39, 0.29) is 6.61 Å². The third-order valence-corrected chi connectivity index (χ3v) is 2.70. The second kappa shape index (κ2) is 6.06. The Labute approximate surface area is 117 Å². The SMILES string of the molecule is COc1cc(N)cc(C(=O)OCc2cncc(C)c2)c1. The van der Waals surface area contributed by atoms with Gasteiger partial charge in [0.1, 0.15) is 12.4 Å². The van der Waals surface area contributed by atoms with E-state index in [1.54, 1.807) is 30.6 Å². The number of hydrogen-bond donors (Lipinski definition) is 1. The first-order chi connectivity index (χ1) is 9.58. The van der Waals surface area contributed by atoms with Crippen molar-refractivity contribution >= 4 is 11.7 Å². The van der Waals surface area contributed by atoms with E-state index in [1.807, 2.05) is 13.0 Å². The summed E-state index contributed by atoms with van der Waals surface area (Å²) in [4.78, 5) is 16.0. The molecule has 20 heavy (non-hydrogen) atoms. The van der Waals surface area contributed by atoms with Crippen LogP contribution in [0.2, 0.25) is 0 Å². The van der Waals surface area contributed by atoms with Gasteiger partial charge in [-0.15, -0.1) is 0 Å². The molecule has 1 heterocycles. The molecule has 0 aliphatic rings. The fraction of sp³-hybridized carbons (Fsp3) is 0.200. The van der Waals surface area contributed by atoms with Crippen LogP contribution in [0.15, 0.2) is 36.7 Å². The Bertz CT molecular complexity index is 626. The quantitative estimate of drug-likeness (QED) is 0.683. The number of rotatable bonds is 4. The number of hydrogen-bond acceptors (Lipinski definition) is 5. The molecule has 0 fully saturated rings. The van der Waals surface area contributed by atoms with E-state index >= 15 is 0 Å². The predicted molar refractivity (Wildman–Crippen MR) is 75.5 cm³/mol. The van der Waals surface area contributed by atoms with Crippen LogP contribution in [0.3, 0.4) is 0 Å². The monoisotopic (exact) mass is 272 g/mol. The molecule has 1 aromatic carbocycles. The van der Waals surface area contributed by atoms with Crippen molar-refractivity contribution in [1.82, 2.24) is 4.98 Å². The molecule has 0 amide bonds. The lowest BCUT2D eigenvalue weighted by Gasteiger charge is -2.08. The minimum absolute atomic E-state index is 0.171. The third kappa shape index (κ3) is 3.47. The standard InChI is InChI=1S/C15H16N2O3/c1-10-3-11(8-17-7-10)9-20-15(18)12-4-13(16)6-14(5-12)19-2/h3-8H,9,16H2,1-2H3. The summed E-state index contributed by atoms with van der Waals surface area (Å²) in [6.45, 7) is 2.10. The van der Waals surface area contributed by atoms with Crippen LogP contribution >= 0.6 is 0 Å². The maximum atomic E-state index is 12.0. The van der Waals surface area contributed by atoms with Crippen LogP contribution in [0.25, 0.3) is 0 Å². The van der Waals surface area contributed by atoms with Crippen LogP contribution < -0.4 is 10.5 Å². The minimum atomic E-state index is -0.447. The average molecular weight is 272 g/mol. The van der Waals surface area contributed by atoms with Crippen molar-refractivity contribution in [2.45, 2.75) is 13.5 Å². The van der Waals surface area contributed by atoms with E-state index in [0.717, 1.165) is 11.1 Å². The summed E-state index contributed by atoms with van der Waals surface area (Å²) in [6.07, 6.45) is 3.41. The number of ether oxygens (including phenoxy) is 2. The Hall–Kier alpha value is -2.56. The lowest BCUT2D eigenvalue weighted by molar-refractivity contribution is 0.0472. The number of methoxy groups -OCH3 is 1. The molecule has 2 aromatic rings. The van der Waals surface area contributed by atoms with Gasteiger partial charge in [0.2, 0.25) is 0 Å². The fourth-order valence-electron chi connectivity index (χ4n) is 1.79. The van der Waals surface area contributed by atoms with Gasteiger partial charge in [-0.05, 0) is 30.7 Å². The van der Waals surface area contributed by atoms with Gasteiger partial charge in [0.15, 0.2) is 0 Å². The highest BCUT2D eigenvalue weighted by molar-refractivity contribution is 5.91. The number of benzene rings is 1. The van der Waals surface area contributed by atoms with Crippen LogP contribution in [0, 0.1) is 6.92 Å². The van der Waals surface area contributed by atoms with E-state index < -0.39 is 5.97 Å². The molecular weight excluding hydrogens is 256 g/mol. The Kier molecular flexibility index (Phi) is 4.20. The second-order valence-corrected chi connectivity index (χ2v) is 4.44. The van der Waals surface area contributed by atoms with Gasteiger partial charge in [0, 0.05) is 29.7 Å². The van der Waals surface area contributed by atoms with E-state index in [9.17, 15) is 4.79 Å². The third-order valence-electron chi connectivity index (χ3n) is 2.70. The molecule has 5 heteroatoms. The molecule has 5 nitrogen and oxygen atoms in total. The van der Waals surface area contributed by atoms with Gasteiger partial charge < -0.3 is 15.2 Å². The Morgan fingerprint density at radius 3 is 2.75 bits per heavy atom. The number of anilines is 1. The summed E-state index contributed by atoms with van der Waals surface area (Å²) in [7, 11) is 1.52. The number of carbonyl (C=O) groups is 1. The first kappa shape index (κ1) is 13.9. The van der Waals surface area contributed by atoms with Gasteiger partial charge in [-0.2, -0.15) is 0 Å². The molecule has 1 aromatic heterocycles. The van der Waals surface area contributed by atoms with Crippen LogP contribution in [-0.2, 0) is 11.3 Å². The molecule has 0 unspecified atom stereocenters. The summed E-state index contributed by atoms with van der Waals surface area (Å²) in [5.41, 5.74) is 8.38. The van der Waals surface area contributed by atoms with Crippen molar-refractivity contribution in [3.05, 3.63) is 53.3 Å². The van der Waals surface area contributed by atoms with Gasteiger partial charge >= 0.3 is 5.97 Å². The molecule has 0 aliphatic heterocycles. The number of esters is 1. The zero-order valence-electron chi connectivity index (χ0n) is 11.4. The van der Waals surface area contributed by atoms with Gasteiger partial charge in [-0.25, -0.2) is 4.79 Å². The van der Waals surface area contributed by atoms with E-state index in [2.05, 4.69) is 4.98 Å². The highest BCUT2D eigenvalue weighted by Crippen LogP contribution is 2.19. The van der Waals surface area contributed by atoms with E-state index in [0.29, 0.717) is 17.0 Å². The molecule has 104 valence electrons. The van der Waals surface area contributed by atoms with Gasteiger partial charge in [0.05, 0.1) is 12.7 Å². The summed E-state index contributed by atoms with van der Waals surface area (Å²) in [6, 6.07) is 6.70. The molecule has 2 N–H and O–H groups in total. The number of nitrogens with zero attached hydrogens (tertiary/aromatic N) is 1. The molecule has 2 rings (SSSR count). The van der Waals surface area contributed by atoms with Crippen molar-refractivity contribution in [3.63, 3.8) is 0 Å². The van der Waals surface area contributed by atoms with E-state index in [4.69, 9.17) is 15.2 Å². The van der Waals surface area contributed by atoms with Crippen molar-refractivity contribution in [3.8, 4) is 5.75 Å². The van der Waals surface area contributed by atoms with Gasteiger partial charge in [-0.3, -0.25) is 4.98 Å². The largest absolute Gasteiger partial charge is 0.497 e. The highest BCUT2D eigenvalue weighted by atomic mass is 16.5. The summed E-state index contributed by atoms with van der Waals surface area (Å²) in [5.74, 6) is 0.0753. The number of carbonyl (C=O) groups excluding carboxylic acids is 1. The number of aromatic nitrogens is 1. The number of nitrogen functional groups attached to an aromatic ring is 1. The molecule has 0 atom stereocenters. The van der Waals surface area contributed by atoms with E-state index in [1.165, 1.54) is 7.11 Å². The zero-order chi connectivity index (χ0) is 14.5. The Morgan fingerprint density at radius 2 is 2.05 bits per heavy atom. The maximum absolute atomic E-state index is 12.0. The molecule has 0 spiro atoms. The van der Waals surface area contributed by atoms with Crippen molar-refractivity contribution in [1.29, 1.82) is 0 Å². The first-order valence-electron chi connectivity index (χ1n) is 6.10. The number of nitrogens with two attached hydrogens (primary N) is 1. The van der Waals surface area contributed by atoms with Gasteiger partial charge in [-0.1, -0.05) is 0 Å². The molecule has 0 saturated carbocycles. The molecule has 0 radical (unpaired) electrons. The first-order valence-corrected chi connectivity index (χ1v) is 6.10. The van der Waals surface area contributed by atoms with Crippen LogP contribution in [0.4, 0.5) is 5.69 Å². The minimum Gasteiger partial charge on any atom is -0.497 e. The summed E-state index contributed by atoms with van der Waals surface area (Å²) < 4.78 is 10.3. The van der Waals surface area contributed by atoms with Crippen molar-refractivity contribution < 1.29 is 14.3 Å². The molecule has 0 saturated heterocycles. The number of pyridine rings is 1. The van der Waals surface area contributed by atoms with Crippen LogP contribution in [0.5, 0.6) is 5.75 Å². The molecule has 0 aliphatic carbocycles.